The van der Waals surface area contributed by atoms with Crippen molar-refractivity contribution in [3.05, 3.63) is 57.2 Å². The Labute approximate surface area is 204 Å². The molecule has 35 heavy (non-hydrogen) atoms. The Bertz CT molecular complexity index is 1470. The second kappa shape index (κ2) is 9.78. The normalized spacial score (nSPS) is 15.9. The molecule has 0 aliphatic carbocycles. The van der Waals surface area contributed by atoms with Crippen LogP contribution in [0.15, 0.2) is 45.3 Å². The van der Waals surface area contributed by atoms with Crippen LogP contribution >= 0.6 is 11.8 Å². The van der Waals surface area contributed by atoms with Crippen LogP contribution in [-0.2, 0) is 31.9 Å². The fourth-order valence-electron chi connectivity index (χ4n) is 4.34. The van der Waals surface area contributed by atoms with E-state index < -0.39 is 0 Å². The number of halogens is 1. The number of aryl methyl sites for hydroxylation is 2. The maximum atomic E-state index is 13.4. The number of thioether (sulfide) groups is 1. The SMILES string of the molecule is Cn1cnc2c1c(=O)n(CCCSc1nnc(-c3ccc(F)cc3)n1CC1CCCO1)c(=O)n2C. The van der Waals surface area contributed by atoms with Gasteiger partial charge in [-0.3, -0.25) is 18.5 Å². The molecule has 0 radical (unpaired) electrons. The van der Waals surface area contributed by atoms with Gasteiger partial charge in [0.25, 0.3) is 5.56 Å². The zero-order valence-corrected chi connectivity index (χ0v) is 20.4. The van der Waals surface area contributed by atoms with E-state index in [4.69, 9.17) is 4.74 Å². The maximum absolute atomic E-state index is 13.4. The molecular weight excluding hydrogens is 473 g/mol. The smallest absolute Gasteiger partial charge is 0.332 e. The van der Waals surface area contributed by atoms with Crippen LogP contribution < -0.4 is 11.2 Å². The Morgan fingerprint density at radius 1 is 1.14 bits per heavy atom. The predicted octanol–water partition coefficient (Wildman–Crippen LogP) is 2.19. The van der Waals surface area contributed by atoms with E-state index in [2.05, 4.69) is 15.2 Å². The van der Waals surface area contributed by atoms with Gasteiger partial charge < -0.3 is 9.30 Å². The molecule has 0 amide bonds. The van der Waals surface area contributed by atoms with Crippen LogP contribution in [0.3, 0.4) is 0 Å². The Morgan fingerprint density at radius 3 is 2.69 bits per heavy atom. The lowest BCUT2D eigenvalue weighted by molar-refractivity contribution is 0.0953. The molecule has 4 aromatic rings. The average molecular weight is 500 g/mol. The number of imidazole rings is 1. The molecule has 0 bridgehead atoms. The van der Waals surface area contributed by atoms with Gasteiger partial charge in [0.1, 0.15) is 5.82 Å². The highest BCUT2D eigenvalue weighted by Gasteiger charge is 2.22. The molecule has 184 valence electrons. The predicted molar refractivity (Wildman–Crippen MR) is 130 cm³/mol. The standard InChI is InChI=1S/C23H26FN7O3S/c1-28-14-25-20-18(28)21(32)30(23(33)29(20)2)10-4-12-35-22-27-26-19(15-6-8-16(24)9-7-15)31(22)13-17-5-3-11-34-17/h6-9,14,17H,3-5,10-13H2,1-2H3. The third kappa shape index (κ3) is 4.55. The van der Waals surface area contributed by atoms with Crippen molar-refractivity contribution in [2.24, 2.45) is 14.1 Å². The summed E-state index contributed by atoms with van der Waals surface area (Å²) in [7, 11) is 3.36. The zero-order chi connectivity index (χ0) is 24.5. The van der Waals surface area contributed by atoms with Gasteiger partial charge in [-0.05, 0) is 43.5 Å². The molecule has 1 saturated heterocycles. The molecule has 3 aromatic heterocycles. The summed E-state index contributed by atoms with van der Waals surface area (Å²) < 4.78 is 25.6. The highest BCUT2D eigenvalue weighted by atomic mass is 32.2. The Balaban J connectivity index is 1.34. The molecule has 4 heterocycles. The van der Waals surface area contributed by atoms with Crippen molar-refractivity contribution >= 4 is 22.9 Å². The average Bonchev–Trinajstić information content (AvgIpc) is 3.59. The van der Waals surface area contributed by atoms with Crippen LogP contribution in [-0.4, -0.2) is 51.9 Å². The van der Waals surface area contributed by atoms with Gasteiger partial charge in [0, 0.05) is 38.6 Å². The van der Waals surface area contributed by atoms with Gasteiger partial charge in [-0.1, -0.05) is 11.8 Å². The van der Waals surface area contributed by atoms with E-state index in [-0.39, 0.29) is 29.7 Å². The van der Waals surface area contributed by atoms with E-state index in [1.807, 2.05) is 4.57 Å². The monoisotopic (exact) mass is 499 g/mol. The second-order valence-electron chi connectivity index (χ2n) is 8.59. The number of hydrogen-bond acceptors (Lipinski definition) is 7. The highest BCUT2D eigenvalue weighted by Crippen LogP contribution is 2.27. The Morgan fingerprint density at radius 2 is 1.94 bits per heavy atom. The first kappa shape index (κ1) is 23.5. The van der Waals surface area contributed by atoms with E-state index in [1.54, 1.807) is 30.8 Å². The summed E-state index contributed by atoms with van der Waals surface area (Å²) in [6.07, 6.45) is 4.18. The summed E-state index contributed by atoms with van der Waals surface area (Å²) in [6.45, 7) is 1.63. The molecule has 1 aromatic carbocycles. The molecule has 0 saturated carbocycles. The van der Waals surface area contributed by atoms with E-state index in [1.165, 1.54) is 39.4 Å². The maximum Gasteiger partial charge on any atom is 0.332 e. The molecule has 1 unspecified atom stereocenters. The van der Waals surface area contributed by atoms with Crippen LogP contribution in [0.2, 0.25) is 0 Å². The summed E-state index contributed by atoms with van der Waals surface area (Å²) in [5.41, 5.74) is 0.839. The van der Waals surface area contributed by atoms with Gasteiger partial charge in [-0.25, -0.2) is 14.2 Å². The fourth-order valence-corrected chi connectivity index (χ4v) is 5.22. The lowest BCUT2D eigenvalue weighted by atomic mass is 10.2. The third-order valence-electron chi connectivity index (χ3n) is 6.19. The minimum atomic E-state index is -0.383. The quantitative estimate of drug-likeness (QED) is 0.271. The lowest BCUT2D eigenvalue weighted by Crippen LogP contribution is -2.39. The largest absolute Gasteiger partial charge is 0.376 e. The van der Waals surface area contributed by atoms with Crippen LogP contribution in [0.5, 0.6) is 0 Å². The van der Waals surface area contributed by atoms with E-state index in [0.29, 0.717) is 35.7 Å². The topological polar surface area (TPSA) is 102 Å². The summed E-state index contributed by atoms with van der Waals surface area (Å²) in [5.74, 6) is 0.987. The van der Waals surface area contributed by atoms with E-state index in [9.17, 15) is 14.0 Å². The fraction of sp³-hybridized carbons (Fsp3) is 0.435. The second-order valence-corrected chi connectivity index (χ2v) is 9.65. The molecular formula is C23H26FN7O3S. The minimum Gasteiger partial charge on any atom is -0.376 e. The van der Waals surface area contributed by atoms with Gasteiger partial charge in [0.2, 0.25) is 0 Å². The summed E-state index contributed by atoms with van der Waals surface area (Å²) >= 11 is 1.51. The molecule has 10 nitrogen and oxygen atoms in total. The van der Waals surface area contributed by atoms with Crippen molar-refractivity contribution in [3.63, 3.8) is 0 Å². The van der Waals surface area contributed by atoms with Gasteiger partial charge >= 0.3 is 5.69 Å². The van der Waals surface area contributed by atoms with Gasteiger partial charge in [0.15, 0.2) is 22.1 Å². The van der Waals surface area contributed by atoms with Crippen LogP contribution in [0.4, 0.5) is 4.39 Å². The molecule has 1 aliphatic rings. The van der Waals surface area contributed by atoms with Gasteiger partial charge in [-0.2, -0.15) is 0 Å². The van der Waals surface area contributed by atoms with Gasteiger partial charge in [0.05, 0.1) is 19.0 Å². The van der Waals surface area contributed by atoms with Crippen molar-refractivity contribution in [2.45, 2.75) is 43.6 Å². The van der Waals surface area contributed by atoms with Crippen molar-refractivity contribution in [3.8, 4) is 11.4 Å². The highest BCUT2D eigenvalue weighted by molar-refractivity contribution is 7.99. The number of rotatable bonds is 8. The molecule has 5 rings (SSSR count). The van der Waals surface area contributed by atoms with Crippen molar-refractivity contribution in [2.75, 3.05) is 12.4 Å². The lowest BCUT2D eigenvalue weighted by Gasteiger charge is -2.15. The molecule has 1 fully saturated rings. The summed E-state index contributed by atoms with van der Waals surface area (Å²) in [5, 5.41) is 9.47. The van der Waals surface area contributed by atoms with Crippen LogP contribution in [0.1, 0.15) is 19.3 Å². The third-order valence-corrected chi connectivity index (χ3v) is 7.24. The number of fused-ring (bicyclic) bond motifs is 1. The first-order valence-electron chi connectivity index (χ1n) is 11.5. The van der Waals surface area contributed by atoms with Gasteiger partial charge in [-0.15, -0.1) is 10.2 Å². The number of nitrogens with zero attached hydrogens (tertiary/aromatic N) is 7. The first-order chi connectivity index (χ1) is 16.9. The minimum absolute atomic E-state index is 0.0803. The van der Waals surface area contributed by atoms with Crippen LogP contribution in [0, 0.1) is 5.82 Å². The molecule has 0 N–H and O–H groups in total. The number of aromatic nitrogens is 7. The molecule has 1 aliphatic heterocycles. The zero-order valence-electron chi connectivity index (χ0n) is 19.6. The number of benzene rings is 1. The van der Waals surface area contributed by atoms with Crippen molar-refractivity contribution < 1.29 is 9.13 Å². The molecule has 12 heteroatoms. The van der Waals surface area contributed by atoms with E-state index in [0.717, 1.165) is 30.2 Å². The van der Waals surface area contributed by atoms with Crippen molar-refractivity contribution in [1.29, 1.82) is 0 Å². The Hall–Kier alpha value is -3.25. The number of ether oxygens (including phenoxy) is 1. The summed E-state index contributed by atoms with van der Waals surface area (Å²) in [6, 6.07) is 6.20. The Kier molecular flexibility index (Phi) is 6.56. The van der Waals surface area contributed by atoms with E-state index >= 15 is 0 Å². The van der Waals surface area contributed by atoms with Crippen LogP contribution in [0.25, 0.3) is 22.6 Å². The summed E-state index contributed by atoms with van der Waals surface area (Å²) in [4.78, 5) is 29.8. The first-order valence-corrected chi connectivity index (χ1v) is 12.5. The molecule has 1 atom stereocenters. The molecule has 0 spiro atoms. The van der Waals surface area contributed by atoms with Crippen molar-refractivity contribution in [1.82, 2.24) is 33.4 Å². The number of hydrogen-bond donors (Lipinski definition) is 0.